The van der Waals surface area contributed by atoms with Gasteiger partial charge in [-0.3, -0.25) is 9.59 Å². The molecule has 0 aliphatic carbocycles. The predicted octanol–water partition coefficient (Wildman–Crippen LogP) is 1.42. The second-order valence-corrected chi connectivity index (χ2v) is 3.62. The molecular weight excluding hydrogens is 339 g/mol. The Bertz CT molecular complexity index is 499. The zero-order valence-electron chi connectivity index (χ0n) is 11.1. The number of ether oxygens (including phenoxy) is 2. The van der Waals surface area contributed by atoms with E-state index < -0.39 is 17.5 Å². The topological polar surface area (TPSA) is 101 Å². The maximum Gasteiger partial charge on any atom is 0.329 e. The van der Waals surface area contributed by atoms with Gasteiger partial charge in [0.05, 0.1) is 14.2 Å². The molecule has 103 valence electrons. The molecular formula is C12H12N3O4Y-. The number of rotatable bonds is 5. The number of benzene rings is 1. The molecule has 0 aliphatic rings. The van der Waals surface area contributed by atoms with Crippen LogP contribution in [0, 0.1) is 6.07 Å². The van der Waals surface area contributed by atoms with Gasteiger partial charge in [-0.25, -0.2) is 0 Å². The fourth-order valence-corrected chi connectivity index (χ4v) is 1.59. The van der Waals surface area contributed by atoms with Crippen LogP contribution in [0.15, 0.2) is 29.4 Å². The molecule has 0 N–H and O–H groups in total. The van der Waals surface area contributed by atoms with E-state index in [9.17, 15) is 9.59 Å². The number of hydrogen-bond donors (Lipinski definition) is 0. The minimum absolute atomic E-state index is 0. The van der Waals surface area contributed by atoms with Gasteiger partial charge >= 0.3 is 11.9 Å². The Labute approximate surface area is 141 Å². The van der Waals surface area contributed by atoms with Crippen LogP contribution < -0.4 is 0 Å². The van der Waals surface area contributed by atoms with E-state index in [4.69, 9.17) is 5.53 Å². The van der Waals surface area contributed by atoms with Crippen molar-refractivity contribution in [2.75, 3.05) is 14.2 Å². The Morgan fingerprint density at radius 3 is 2.20 bits per heavy atom. The van der Waals surface area contributed by atoms with Crippen molar-refractivity contribution in [1.29, 1.82) is 0 Å². The summed E-state index contributed by atoms with van der Waals surface area (Å²) in [5.74, 6) is -1.94. The fourth-order valence-electron chi connectivity index (χ4n) is 1.59. The molecule has 0 aliphatic heterocycles. The van der Waals surface area contributed by atoms with Crippen molar-refractivity contribution in [1.82, 2.24) is 0 Å². The van der Waals surface area contributed by atoms with Gasteiger partial charge < -0.3 is 9.47 Å². The van der Waals surface area contributed by atoms with Crippen LogP contribution in [0.4, 0.5) is 0 Å². The largest absolute Gasteiger partial charge is 0.468 e. The average molecular weight is 351 g/mol. The summed E-state index contributed by atoms with van der Waals surface area (Å²) >= 11 is 0. The third kappa shape index (κ3) is 4.03. The van der Waals surface area contributed by atoms with Crippen molar-refractivity contribution in [3.8, 4) is 0 Å². The van der Waals surface area contributed by atoms with Crippen molar-refractivity contribution < 1.29 is 51.8 Å². The number of esters is 2. The van der Waals surface area contributed by atoms with Gasteiger partial charge in [0.1, 0.15) is 0 Å². The molecule has 0 amide bonds. The molecule has 0 heterocycles. The van der Waals surface area contributed by atoms with Crippen molar-refractivity contribution in [2.45, 2.75) is 12.0 Å². The van der Waals surface area contributed by atoms with Crippen molar-refractivity contribution in [3.63, 3.8) is 0 Å². The molecule has 0 bridgehead atoms. The van der Waals surface area contributed by atoms with Crippen LogP contribution in [0.1, 0.15) is 5.56 Å². The maximum absolute atomic E-state index is 11.8. The number of carbonyl (C=O) groups is 2. The Kier molecular flexibility index (Phi) is 8.07. The molecule has 0 fully saturated rings. The summed E-state index contributed by atoms with van der Waals surface area (Å²) in [6.45, 7) is 0. The number of carbonyl (C=O) groups excluding carboxylic acids is 2. The summed E-state index contributed by atoms with van der Waals surface area (Å²) < 4.78 is 9.10. The van der Waals surface area contributed by atoms with Crippen LogP contribution in [0.3, 0.4) is 0 Å². The molecule has 0 aromatic heterocycles. The summed E-state index contributed by atoms with van der Waals surface area (Å²) in [6.07, 6.45) is -0.148. The van der Waals surface area contributed by atoms with E-state index in [1.54, 1.807) is 24.3 Å². The SMILES string of the molecule is COC(=O)C(Cc1cc[c-]cc1)(N=[N+]=[N-])C(=O)OC.[Y]. The standard InChI is InChI=1S/C12H12N3O4.Y/c1-18-10(16)12(14-15-13,11(17)19-2)8-9-6-4-3-5-7-9;/h4-7H,8H2,1-2H3;/q-1;. The molecule has 0 spiro atoms. The Hall–Kier alpha value is -1.43. The quantitative estimate of drug-likeness (QED) is 0.200. The van der Waals surface area contributed by atoms with E-state index in [0.717, 1.165) is 14.2 Å². The Morgan fingerprint density at radius 1 is 1.30 bits per heavy atom. The van der Waals surface area contributed by atoms with Crippen LogP contribution in [0.5, 0.6) is 0 Å². The first kappa shape index (κ1) is 18.6. The number of nitrogens with zero attached hydrogens (tertiary/aromatic N) is 3. The van der Waals surface area contributed by atoms with E-state index in [2.05, 4.69) is 25.6 Å². The number of methoxy groups -OCH3 is 2. The van der Waals surface area contributed by atoms with Crippen molar-refractivity contribution >= 4 is 11.9 Å². The molecule has 7 nitrogen and oxygen atoms in total. The minimum atomic E-state index is -2.06. The van der Waals surface area contributed by atoms with E-state index in [1.165, 1.54) is 0 Å². The molecule has 8 heteroatoms. The van der Waals surface area contributed by atoms with Crippen LogP contribution in [0.2, 0.25) is 0 Å². The summed E-state index contributed by atoms with van der Waals surface area (Å²) in [4.78, 5) is 26.2. The van der Waals surface area contributed by atoms with E-state index in [0.29, 0.717) is 5.56 Å². The van der Waals surface area contributed by atoms with Gasteiger partial charge in [0, 0.05) is 37.6 Å². The van der Waals surface area contributed by atoms with E-state index >= 15 is 0 Å². The smallest absolute Gasteiger partial charge is 0.329 e. The zero-order valence-corrected chi connectivity index (χ0v) is 13.9. The molecule has 1 aromatic rings. The Balaban J connectivity index is 0.00000361. The van der Waals surface area contributed by atoms with Crippen molar-refractivity contribution in [2.24, 2.45) is 5.11 Å². The normalized spacial score (nSPS) is 9.70. The molecule has 1 radical (unpaired) electrons. The molecule has 1 rings (SSSR count). The van der Waals surface area contributed by atoms with Crippen molar-refractivity contribution in [3.05, 3.63) is 46.3 Å². The van der Waals surface area contributed by atoms with Crippen LogP contribution >= 0.6 is 0 Å². The summed E-state index contributed by atoms with van der Waals surface area (Å²) in [5, 5.41) is 3.31. The average Bonchev–Trinajstić information content (AvgIpc) is 2.46. The third-order valence-corrected chi connectivity index (χ3v) is 2.51. The van der Waals surface area contributed by atoms with Crippen LogP contribution in [-0.4, -0.2) is 31.7 Å². The van der Waals surface area contributed by atoms with E-state index in [1.807, 2.05) is 0 Å². The molecule has 0 saturated carbocycles. The van der Waals surface area contributed by atoms with Gasteiger partial charge in [0.2, 0.25) is 5.54 Å². The molecule has 0 atom stereocenters. The number of azide groups is 1. The first-order valence-electron chi connectivity index (χ1n) is 5.29. The zero-order chi connectivity index (χ0) is 14.3. The molecule has 0 unspecified atom stereocenters. The molecule has 20 heavy (non-hydrogen) atoms. The van der Waals surface area contributed by atoms with Gasteiger partial charge in [-0.15, -0.1) is 0 Å². The van der Waals surface area contributed by atoms with Crippen LogP contribution in [-0.2, 0) is 58.2 Å². The van der Waals surface area contributed by atoms with Gasteiger partial charge in [0.15, 0.2) is 0 Å². The first-order valence-corrected chi connectivity index (χ1v) is 5.29. The maximum atomic E-state index is 11.8. The van der Waals surface area contributed by atoms with E-state index in [-0.39, 0.29) is 39.1 Å². The summed E-state index contributed by atoms with van der Waals surface area (Å²) in [6, 6.07) is 9.33. The fraction of sp³-hybridized carbons (Fsp3) is 0.333. The summed E-state index contributed by atoms with van der Waals surface area (Å²) in [7, 11) is 2.21. The second kappa shape index (κ2) is 8.69. The Morgan fingerprint density at radius 2 is 1.80 bits per heavy atom. The van der Waals surface area contributed by atoms with Crippen LogP contribution in [0.25, 0.3) is 10.4 Å². The summed E-state index contributed by atoms with van der Waals surface area (Å²) in [5.41, 5.74) is 7.16. The first-order chi connectivity index (χ1) is 9.10. The molecule has 0 saturated heterocycles. The van der Waals surface area contributed by atoms with Gasteiger partial charge in [-0.1, -0.05) is 5.11 Å². The van der Waals surface area contributed by atoms with Gasteiger partial charge in [-0.05, 0) is 12.0 Å². The monoisotopic (exact) mass is 351 g/mol. The van der Waals surface area contributed by atoms with Gasteiger partial charge in [0.25, 0.3) is 0 Å². The third-order valence-electron chi connectivity index (χ3n) is 2.51. The minimum Gasteiger partial charge on any atom is -0.468 e. The van der Waals surface area contributed by atoms with Gasteiger partial charge in [-0.2, -0.15) is 35.9 Å². The second-order valence-electron chi connectivity index (χ2n) is 3.62. The number of hydrogen-bond acceptors (Lipinski definition) is 5. The predicted molar refractivity (Wildman–Crippen MR) is 64.9 cm³/mol. The molecule has 1 aromatic carbocycles.